The summed E-state index contributed by atoms with van der Waals surface area (Å²) in [7, 11) is 4.15. The summed E-state index contributed by atoms with van der Waals surface area (Å²) in [6.07, 6.45) is 2.87. The number of anilines is 2. The second-order valence-electron chi connectivity index (χ2n) is 4.48. The molecule has 0 aliphatic rings. The number of aromatic amines is 1. The molecule has 0 fully saturated rings. The number of nitrogen functional groups attached to an aromatic ring is 1. The molecular formula is C12H19N5. The van der Waals surface area contributed by atoms with Crippen LogP contribution in [0.3, 0.4) is 0 Å². The zero-order valence-corrected chi connectivity index (χ0v) is 10.3. The third-order valence-corrected chi connectivity index (χ3v) is 2.71. The number of benzene rings is 1. The molecule has 4 N–H and O–H groups in total. The van der Waals surface area contributed by atoms with Crippen molar-refractivity contribution in [2.45, 2.75) is 6.42 Å². The Balaban J connectivity index is 2.00. The Morgan fingerprint density at radius 2 is 2.24 bits per heavy atom. The number of H-pyrrole nitrogens is 1. The van der Waals surface area contributed by atoms with Gasteiger partial charge in [0.25, 0.3) is 0 Å². The van der Waals surface area contributed by atoms with Crippen molar-refractivity contribution in [3.8, 4) is 0 Å². The molecule has 17 heavy (non-hydrogen) atoms. The summed E-state index contributed by atoms with van der Waals surface area (Å²) < 4.78 is 0. The molecule has 2 rings (SSSR count). The number of nitrogens with zero attached hydrogens (tertiary/aromatic N) is 2. The van der Waals surface area contributed by atoms with Gasteiger partial charge in [-0.3, -0.25) is 5.10 Å². The van der Waals surface area contributed by atoms with Gasteiger partial charge in [-0.25, -0.2) is 0 Å². The van der Waals surface area contributed by atoms with Crippen LogP contribution in [0.5, 0.6) is 0 Å². The van der Waals surface area contributed by atoms with E-state index in [-0.39, 0.29) is 0 Å². The smallest absolute Gasteiger partial charge is 0.0672 e. The van der Waals surface area contributed by atoms with Gasteiger partial charge < -0.3 is 16.0 Å². The van der Waals surface area contributed by atoms with Crippen LogP contribution in [0.2, 0.25) is 0 Å². The van der Waals surface area contributed by atoms with Crippen molar-refractivity contribution in [3.05, 3.63) is 18.3 Å². The first-order chi connectivity index (χ1) is 8.16. The lowest BCUT2D eigenvalue weighted by Crippen LogP contribution is -2.16. The molecule has 5 heteroatoms. The van der Waals surface area contributed by atoms with Gasteiger partial charge in [-0.15, -0.1) is 0 Å². The van der Waals surface area contributed by atoms with Crippen LogP contribution >= 0.6 is 0 Å². The van der Waals surface area contributed by atoms with E-state index in [4.69, 9.17) is 5.73 Å². The lowest BCUT2D eigenvalue weighted by atomic mass is 10.2. The number of hydrogen-bond donors (Lipinski definition) is 3. The van der Waals surface area contributed by atoms with Gasteiger partial charge in [0.05, 0.1) is 23.1 Å². The fraction of sp³-hybridized carbons (Fsp3) is 0.417. The zero-order chi connectivity index (χ0) is 12.3. The van der Waals surface area contributed by atoms with Crippen molar-refractivity contribution in [1.29, 1.82) is 0 Å². The molecule has 0 atom stereocenters. The molecule has 92 valence electrons. The first kappa shape index (κ1) is 11.7. The van der Waals surface area contributed by atoms with E-state index in [0.717, 1.165) is 41.8 Å². The van der Waals surface area contributed by atoms with Gasteiger partial charge in [-0.05, 0) is 39.2 Å². The van der Waals surface area contributed by atoms with Crippen LogP contribution in [0, 0.1) is 0 Å². The SMILES string of the molecule is CN(C)CCCNc1cc2[nH]ncc2cc1N. The van der Waals surface area contributed by atoms with E-state index in [2.05, 4.69) is 34.5 Å². The summed E-state index contributed by atoms with van der Waals surface area (Å²) in [6.45, 7) is 1.99. The Hall–Kier alpha value is -1.75. The van der Waals surface area contributed by atoms with Crippen molar-refractivity contribution >= 4 is 22.3 Å². The highest BCUT2D eigenvalue weighted by atomic mass is 15.1. The van der Waals surface area contributed by atoms with Crippen molar-refractivity contribution in [2.24, 2.45) is 0 Å². The average Bonchev–Trinajstić information content (AvgIpc) is 2.71. The quantitative estimate of drug-likeness (QED) is 0.541. The molecule has 0 unspecified atom stereocenters. The maximum atomic E-state index is 5.97. The summed E-state index contributed by atoms with van der Waals surface area (Å²) in [5.41, 5.74) is 8.72. The topological polar surface area (TPSA) is 70.0 Å². The lowest BCUT2D eigenvalue weighted by Gasteiger charge is -2.12. The molecule has 0 spiro atoms. The van der Waals surface area contributed by atoms with E-state index in [0.29, 0.717) is 0 Å². The predicted molar refractivity (Wildman–Crippen MR) is 72.2 cm³/mol. The minimum Gasteiger partial charge on any atom is -0.397 e. The number of hydrogen-bond acceptors (Lipinski definition) is 4. The van der Waals surface area contributed by atoms with E-state index in [1.54, 1.807) is 6.20 Å². The first-order valence-corrected chi connectivity index (χ1v) is 5.78. The largest absolute Gasteiger partial charge is 0.397 e. The van der Waals surface area contributed by atoms with Crippen molar-refractivity contribution in [2.75, 3.05) is 38.2 Å². The van der Waals surface area contributed by atoms with Gasteiger partial charge in [-0.1, -0.05) is 0 Å². The number of nitrogens with two attached hydrogens (primary N) is 1. The highest BCUT2D eigenvalue weighted by molar-refractivity contribution is 5.88. The molecule has 2 aromatic rings. The average molecular weight is 233 g/mol. The number of nitrogens with one attached hydrogen (secondary N) is 2. The van der Waals surface area contributed by atoms with Crippen molar-refractivity contribution in [1.82, 2.24) is 15.1 Å². The Labute approximate surface area is 101 Å². The molecule has 0 radical (unpaired) electrons. The minimum atomic E-state index is 0.767. The monoisotopic (exact) mass is 233 g/mol. The summed E-state index contributed by atoms with van der Waals surface area (Å²) in [6, 6.07) is 3.94. The van der Waals surface area contributed by atoms with Gasteiger partial charge in [0.15, 0.2) is 0 Å². The maximum Gasteiger partial charge on any atom is 0.0672 e. The lowest BCUT2D eigenvalue weighted by molar-refractivity contribution is 0.405. The van der Waals surface area contributed by atoms with Crippen LogP contribution in [0.4, 0.5) is 11.4 Å². The molecule has 1 heterocycles. The highest BCUT2D eigenvalue weighted by Crippen LogP contribution is 2.24. The van der Waals surface area contributed by atoms with Crippen LogP contribution in [0.25, 0.3) is 10.9 Å². The van der Waals surface area contributed by atoms with Gasteiger partial charge in [0.1, 0.15) is 0 Å². The van der Waals surface area contributed by atoms with Crippen molar-refractivity contribution < 1.29 is 0 Å². The van der Waals surface area contributed by atoms with E-state index >= 15 is 0 Å². The van der Waals surface area contributed by atoms with E-state index in [9.17, 15) is 0 Å². The van der Waals surface area contributed by atoms with E-state index < -0.39 is 0 Å². The van der Waals surface area contributed by atoms with Gasteiger partial charge >= 0.3 is 0 Å². The molecular weight excluding hydrogens is 214 g/mol. The number of fused-ring (bicyclic) bond motifs is 1. The third-order valence-electron chi connectivity index (χ3n) is 2.71. The summed E-state index contributed by atoms with van der Waals surface area (Å²) in [4.78, 5) is 2.17. The fourth-order valence-electron chi connectivity index (χ4n) is 1.78. The maximum absolute atomic E-state index is 5.97. The van der Waals surface area contributed by atoms with E-state index in [1.807, 2.05) is 12.1 Å². The van der Waals surface area contributed by atoms with Crippen LogP contribution in [0.15, 0.2) is 18.3 Å². The Kier molecular flexibility index (Phi) is 3.49. The van der Waals surface area contributed by atoms with Gasteiger partial charge in [0, 0.05) is 11.9 Å². The second kappa shape index (κ2) is 5.05. The molecule has 0 amide bonds. The summed E-state index contributed by atoms with van der Waals surface area (Å²) in [5, 5.41) is 11.3. The molecule has 0 aliphatic heterocycles. The Morgan fingerprint density at radius 1 is 1.41 bits per heavy atom. The molecule has 0 saturated heterocycles. The van der Waals surface area contributed by atoms with E-state index in [1.165, 1.54) is 0 Å². The third kappa shape index (κ3) is 2.88. The molecule has 5 nitrogen and oxygen atoms in total. The Morgan fingerprint density at radius 3 is 3.00 bits per heavy atom. The zero-order valence-electron chi connectivity index (χ0n) is 10.3. The molecule has 0 aliphatic carbocycles. The van der Waals surface area contributed by atoms with Crippen molar-refractivity contribution in [3.63, 3.8) is 0 Å². The number of rotatable bonds is 5. The molecule has 0 bridgehead atoms. The summed E-state index contributed by atoms with van der Waals surface area (Å²) in [5.74, 6) is 0. The molecule has 0 saturated carbocycles. The van der Waals surface area contributed by atoms with Crippen LogP contribution in [-0.2, 0) is 0 Å². The van der Waals surface area contributed by atoms with Gasteiger partial charge in [-0.2, -0.15) is 5.10 Å². The minimum absolute atomic E-state index is 0.767. The predicted octanol–water partition coefficient (Wildman–Crippen LogP) is 1.51. The Bertz CT molecular complexity index is 489. The molecule has 1 aromatic carbocycles. The van der Waals surface area contributed by atoms with Gasteiger partial charge in [0.2, 0.25) is 0 Å². The second-order valence-corrected chi connectivity index (χ2v) is 4.48. The van der Waals surface area contributed by atoms with Crippen LogP contribution in [0.1, 0.15) is 6.42 Å². The highest BCUT2D eigenvalue weighted by Gasteiger charge is 2.03. The normalized spacial score (nSPS) is 11.2. The standard InChI is InChI=1S/C12H19N5/c1-17(2)5-3-4-14-12-7-11-9(6-10(12)13)8-15-16-11/h6-8,14H,3-5,13H2,1-2H3,(H,15,16). The fourth-order valence-corrected chi connectivity index (χ4v) is 1.78. The number of aromatic nitrogens is 2. The van der Waals surface area contributed by atoms with Crippen LogP contribution in [-0.4, -0.2) is 42.3 Å². The first-order valence-electron chi connectivity index (χ1n) is 5.78. The van der Waals surface area contributed by atoms with Crippen LogP contribution < -0.4 is 11.1 Å². The summed E-state index contributed by atoms with van der Waals surface area (Å²) >= 11 is 0. The molecule has 1 aromatic heterocycles.